The molecule has 2 rings (SSSR count). The molecule has 0 fully saturated rings. The Hall–Kier alpha value is -3.42. The molecular weight excluding hydrogens is 338 g/mol. The van der Waals surface area contributed by atoms with Gasteiger partial charge in [-0.1, -0.05) is 12.1 Å². The number of amides is 1. The zero-order chi connectivity index (χ0) is 19.1. The quantitative estimate of drug-likeness (QED) is 0.624. The van der Waals surface area contributed by atoms with E-state index in [0.29, 0.717) is 16.9 Å². The monoisotopic (exact) mass is 357 g/mol. The van der Waals surface area contributed by atoms with Crippen molar-refractivity contribution in [3.8, 4) is 0 Å². The van der Waals surface area contributed by atoms with Gasteiger partial charge in [0.2, 0.25) is 0 Å². The number of anilines is 1. The Morgan fingerprint density at radius 1 is 1.23 bits per heavy atom. The zero-order valence-electron chi connectivity index (χ0n) is 14.7. The maximum atomic E-state index is 11.8. The summed E-state index contributed by atoms with van der Waals surface area (Å²) in [7, 11) is 3.00. The Kier molecular flexibility index (Phi) is 6.26. The van der Waals surface area contributed by atoms with Crippen LogP contribution in [0.2, 0.25) is 0 Å². The minimum absolute atomic E-state index is 0.408. The standard InChI is InChI=1S/C18H19N3O5/c1-12-10-15(21(2)20-12)19-16(22)11-26-17(23)9-6-13-4-7-14(8-5-13)18(24)25-3/h4-10H,11H2,1-3H3,(H,19,22)/b9-6+. The van der Waals surface area contributed by atoms with Crippen LogP contribution >= 0.6 is 0 Å². The van der Waals surface area contributed by atoms with E-state index >= 15 is 0 Å². The first-order valence-electron chi connectivity index (χ1n) is 7.72. The van der Waals surface area contributed by atoms with E-state index in [1.165, 1.54) is 23.9 Å². The van der Waals surface area contributed by atoms with E-state index in [1.54, 1.807) is 44.3 Å². The van der Waals surface area contributed by atoms with Crippen molar-refractivity contribution in [3.05, 3.63) is 53.2 Å². The first-order chi connectivity index (χ1) is 12.4. The summed E-state index contributed by atoms with van der Waals surface area (Å²) in [5.74, 6) is -1.03. The number of rotatable bonds is 6. The van der Waals surface area contributed by atoms with Crippen LogP contribution in [0.1, 0.15) is 21.6 Å². The summed E-state index contributed by atoms with van der Waals surface area (Å²) >= 11 is 0. The van der Waals surface area contributed by atoms with Gasteiger partial charge >= 0.3 is 11.9 Å². The summed E-state index contributed by atoms with van der Waals surface area (Å²) < 4.78 is 11.0. The number of methoxy groups -OCH3 is 1. The SMILES string of the molecule is COC(=O)c1ccc(/C=C/C(=O)OCC(=O)Nc2cc(C)nn2C)cc1. The normalized spacial score (nSPS) is 10.6. The molecule has 1 heterocycles. The molecule has 2 aromatic rings. The summed E-state index contributed by atoms with van der Waals surface area (Å²) in [6, 6.07) is 8.19. The van der Waals surface area contributed by atoms with E-state index in [1.807, 2.05) is 0 Å². The minimum atomic E-state index is -0.654. The number of nitrogens with zero attached hydrogens (tertiary/aromatic N) is 2. The highest BCUT2D eigenvalue weighted by Gasteiger charge is 2.09. The number of aryl methyl sites for hydroxylation is 2. The third kappa shape index (κ3) is 5.30. The lowest BCUT2D eigenvalue weighted by Gasteiger charge is -2.05. The molecular formula is C18H19N3O5. The number of hydrogen-bond donors (Lipinski definition) is 1. The Morgan fingerprint density at radius 3 is 2.50 bits per heavy atom. The van der Waals surface area contributed by atoms with Crippen molar-refractivity contribution >= 4 is 29.7 Å². The van der Waals surface area contributed by atoms with Crippen LogP contribution in [0.3, 0.4) is 0 Å². The zero-order valence-corrected chi connectivity index (χ0v) is 14.7. The molecule has 0 atom stereocenters. The van der Waals surface area contributed by atoms with Crippen LogP contribution in [0.5, 0.6) is 0 Å². The Labute approximate surface area is 150 Å². The lowest BCUT2D eigenvalue weighted by molar-refractivity contribution is -0.142. The number of esters is 2. The van der Waals surface area contributed by atoms with Crippen molar-refractivity contribution in [2.75, 3.05) is 19.0 Å². The van der Waals surface area contributed by atoms with Crippen LogP contribution in [-0.2, 0) is 26.1 Å². The molecule has 0 radical (unpaired) electrons. The minimum Gasteiger partial charge on any atom is -0.465 e. The van der Waals surface area contributed by atoms with Crippen molar-refractivity contribution < 1.29 is 23.9 Å². The van der Waals surface area contributed by atoms with Crippen molar-refractivity contribution in [1.29, 1.82) is 0 Å². The second-order valence-corrected chi connectivity index (χ2v) is 5.40. The smallest absolute Gasteiger partial charge is 0.337 e. The summed E-state index contributed by atoms with van der Waals surface area (Å²) in [6.07, 6.45) is 2.72. The molecule has 0 saturated carbocycles. The van der Waals surface area contributed by atoms with Crippen LogP contribution in [0, 0.1) is 6.92 Å². The Bertz CT molecular complexity index is 837. The van der Waals surface area contributed by atoms with Gasteiger partial charge in [0.25, 0.3) is 5.91 Å². The first kappa shape index (κ1) is 18.9. The summed E-state index contributed by atoms with van der Waals surface area (Å²) in [5, 5.41) is 6.70. The molecule has 26 heavy (non-hydrogen) atoms. The largest absolute Gasteiger partial charge is 0.465 e. The topological polar surface area (TPSA) is 99.5 Å². The number of benzene rings is 1. The number of hydrogen-bond acceptors (Lipinski definition) is 6. The Balaban J connectivity index is 1.82. The number of nitrogens with one attached hydrogen (secondary N) is 1. The van der Waals surface area contributed by atoms with E-state index in [0.717, 1.165) is 5.69 Å². The van der Waals surface area contributed by atoms with Gasteiger partial charge in [0, 0.05) is 19.2 Å². The van der Waals surface area contributed by atoms with Crippen LogP contribution in [0.25, 0.3) is 6.08 Å². The number of carbonyl (C=O) groups is 3. The van der Waals surface area contributed by atoms with Gasteiger partial charge in [-0.2, -0.15) is 5.10 Å². The molecule has 1 amide bonds. The van der Waals surface area contributed by atoms with Gasteiger partial charge in [-0.3, -0.25) is 9.48 Å². The molecule has 0 saturated heterocycles. The van der Waals surface area contributed by atoms with E-state index in [9.17, 15) is 14.4 Å². The highest BCUT2D eigenvalue weighted by atomic mass is 16.5. The predicted octanol–water partition coefficient (Wildman–Crippen LogP) is 1.71. The summed E-state index contributed by atoms with van der Waals surface area (Å²) in [5.41, 5.74) is 1.87. The molecule has 0 bridgehead atoms. The maximum absolute atomic E-state index is 11.8. The van der Waals surface area contributed by atoms with E-state index in [4.69, 9.17) is 4.74 Å². The maximum Gasteiger partial charge on any atom is 0.337 e. The fourth-order valence-corrected chi connectivity index (χ4v) is 2.10. The van der Waals surface area contributed by atoms with Gasteiger partial charge in [0.05, 0.1) is 18.4 Å². The predicted molar refractivity (Wildman–Crippen MR) is 94.3 cm³/mol. The highest BCUT2D eigenvalue weighted by Crippen LogP contribution is 2.08. The van der Waals surface area contributed by atoms with Crippen LogP contribution in [0.15, 0.2) is 36.4 Å². The second-order valence-electron chi connectivity index (χ2n) is 5.40. The summed E-state index contributed by atoms with van der Waals surface area (Å²) in [4.78, 5) is 34.8. The van der Waals surface area contributed by atoms with E-state index < -0.39 is 24.5 Å². The number of aromatic nitrogens is 2. The van der Waals surface area contributed by atoms with Crippen LogP contribution in [0.4, 0.5) is 5.82 Å². The molecule has 0 aliphatic carbocycles. The molecule has 136 valence electrons. The number of ether oxygens (including phenoxy) is 2. The van der Waals surface area contributed by atoms with Crippen molar-refractivity contribution in [2.45, 2.75) is 6.92 Å². The van der Waals surface area contributed by atoms with E-state index in [2.05, 4.69) is 15.2 Å². The lowest BCUT2D eigenvalue weighted by atomic mass is 10.1. The molecule has 8 heteroatoms. The summed E-state index contributed by atoms with van der Waals surface area (Å²) in [6.45, 7) is 1.40. The molecule has 0 unspecified atom stereocenters. The lowest BCUT2D eigenvalue weighted by Crippen LogP contribution is -2.21. The third-order valence-electron chi connectivity index (χ3n) is 3.36. The van der Waals surface area contributed by atoms with Crippen molar-refractivity contribution in [3.63, 3.8) is 0 Å². The third-order valence-corrected chi connectivity index (χ3v) is 3.36. The van der Waals surface area contributed by atoms with Gasteiger partial charge in [-0.05, 0) is 30.7 Å². The second kappa shape index (κ2) is 8.61. The van der Waals surface area contributed by atoms with Crippen LogP contribution in [-0.4, -0.2) is 41.3 Å². The number of carbonyl (C=O) groups excluding carboxylic acids is 3. The average Bonchev–Trinajstić information content (AvgIpc) is 2.94. The molecule has 1 N–H and O–H groups in total. The van der Waals surface area contributed by atoms with Crippen molar-refractivity contribution in [2.24, 2.45) is 7.05 Å². The fourth-order valence-electron chi connectivity index (χ4n) is 2.10. The van der Waals surface area contributed by atoms with Gasteiger partial charge in [-0.25, -0.2) is 9.59 Å². The van der Waals surface area contributed by atoms with Crippen molar-refractivity contribution in [1.82, 2.24) is 9.78 Å². The van der Waals surface area contributed by atoms with Gasteiger partial charge in [-0.15, -0.1) is 0 Å². The van der Waals surface area contributed by atoms with Crippen LogP contribution < -0.4 is 5.32 Å². The molecule has 0 aliphatic rings. The molecule has 0 aliphatic heterocycles. The molecule has 8 nitrogen and oxygen atoms in total. The van der Waals surface area contributed by atoms with Gasteiger partial charge < -0.3 is 14.8 Å². The fraction of sp³-hybridized carbons (Fsp3) is 0.222. The van der Waals surface area contributed by atoms with Gasteiger partial charge in [0.1, 0.15) is 5.82 Å². The average molecular weight is 357 g/mol. The molecule has 1 aromatic carbocycles. The molecule has 1 aromatic heterocycles. The molecule has 0 spiro atoms. The van der Waals surface area contributed by atoms with Gasteiger partial charge in [0.15, 0.2) is 6.61 Å². The Morgan fingerprint density at radius 2 is 1.92 bits per heavy atom. The highest BCUT2D eigenvalue weighted by molar-refractivity contribution is 5.94. The van der Waals surface area contributed by atoms with E-state index in [-0.39, 0.29) is 0 Å². The first-order valence-corrected chi connectivity index (χ1v) is 7.72.